The second-order valence-electron chi connectivity index (χ2n) is 5.31. The van der Waals surface area contributed by atoms with Gasteiger partial charge < -0.3 is 9.88 Å². The van der Waals surface area contributed by atoms with E-state index in [-0.39, 0.29) is 27.4 Å². The van der Waals surface area contributed by atoms with Gasteiger partial charge >= 0.3 is 5.69 Å². The van der Waals surface area contributed by atoms with Gasteiger partial charge in [0.1, 0.15) is 17.5 Å². The fraction of sp³-hybridized carbons (Fsp3) is 0.125. The summed E-state index contributed by atoms with van der Waals surface area (Å²) in [7, 11) is 0. The molecule has 1 N–H and O–H groups in total. The van der Waals surface area contributed by atoms with Crippen LogP contribution in [0.4, 0.5) is 29.1 Å². The molecule has 0 radical (unpaired) electrons. The summed E-state index contributed by atoms with van der Waals surface area (Å²) < 4.78 is 54.4. The van der Waals surface area contributed by atoms with Gasteiger partial charge in [-0.05, 0) is 52.9 Å². The number of halogens is 6. The topological polar surface area (TPSA) is 49.0 Å². The molecular weight excluding hydrogens is 489 g/mol. The summed E-state index contributed by atoms with van der Waals surface area (Å²) >= 11 is 7.78. The number of hydrogen-bond donors (Lipinski definition) is 1. The standard InChI is InChI=1S/C16H9ClF4IN3O/c17-12-4-8(19)3-11-14(12)23-16(26)24-15(11)25(6-13(20)21)10-2-7(18)1-9(22)5-10/h1-5,13H,6H2,(H,23,24,26). The molecule has 4 nitrogen and oxygen atoms in total. The van der Waals surface area contributed by atoms with Crippen LogP contribution < -0.4 is 10.6 Å². The Bertz CT molecular complexity index is 1020. The van der Waals surface area contributed by atoms with Gasteiger partial charge in [0, 0.05) is 14.6 Å². The monoisotopic (exact) mass is 497 g/mol. The third kappa shape index (κ3) is 3.93. The van der Waals surface area contributed by atoms with E-state index in [0.29, 0.717) is 3.57 Å². The fourth-order valence-electron chi connectivity index (χ4n) is 2.52. The van der Waals surface area contributed by atoms with Gasteiger partial charge in [-0.15, -0.1) is 0 Å². The number of hydrogen-bond acceptors (Lipinski definition) is 3. The van der Waals surface area contributed by atoms with Gasteiger partial charge in [-0.25, -0.2) is 22.4 Å². The number of nitrogens with one attached hydrogen (secondary N) is 1. The van der Waals surface area contributed by atoms with Crippen molar-refractivity contribution in [1.82, 2.24) is 9.97 Å². The molecule has 2 aromatic carbocycles. The van der Waals surface area contributed by atoms with Crippen molar-refractivity contribution in [3.63, 3.8) is 0 Å². The Morgan fingerprint density at radius 1 is 1.15 bits per heavy atom. The molecule has 0 saturated heterocycles. The van der Waals surface area contributed by atoms with Gasteiger partial charge in [0.25, 0.3) is 6.43 Å². The molecule has 0 aliphatic carbocycles. The van der Waals surface area contributed by atoms with Crippen LogP contribution in [0.5, 0.6) is 0 Å². The lowest BCUT2D eigenvalue weighted by atomic mass is 10.2. The summed E-state index contributed by atoms with van der Waals surface area (Å²) in [4.78, 5) is 18.9. The minimum Gasteiger partial charge on any atom is -0.320 e. The summed E-state index contributed by atoms with van der Waals surface area (Å²) in [6.45, 7) is -0.876. The molecule has 3 aromatic rings. The summed E-state index contributed by atoms with van der Waals surface area (Å²) in [5.41, 5.74) is -0.755. The first-order chi connectivity index (χ1) is 12.2. The normalized spacial score (nSPS) is 11.3. The average molecular weight is 498 g/mol. The number of rotatable bonds is 4. The number of alkyl halides is 2. The van der Waals surface area contributed by atoms with Crippen LogP contribution in [0, 0.1) is 15.2 Å². The second-order valence-corrected chi connectivity index (χ2v) is 6.96. The average Bonchev–Trinajstić information content (AvgIpc) is 2.52. The minimum atomic E-state index is -2.82. The Labute approximate surface area is 162 Å². The molecule has 0 saturated carbocycles. The maximum Gasteiger partial charge on any atom is 0.347 e. The number of aromatic amines is 1. The maximum atomic E-state index is 13.8. The van der Waals surface area contributed by atoms with E-state index in [1.165, 1.54) is 12.1 Å². The molecule has 0 atom stereocenters. The molecule has 0 amide bonds. The van der Waals surface area contributed by atoms with E-state index in [1.54, 1.807) is 0 Å². The lowest BCUT2D eigenvalue weighted by molar-refractivity contribution is 0.158. The third-order valence-electron chi connectivity index (χ3n) is 3.47. The van der Waals surface area contributed by atoms with Crippen LogP contribution in [0.1, 0.15) is 0 Å². The van der Waals surface area contributed by atoms with E-state index in [1.807, 2.05) is 22.6 Å². The first-order valence-corrected chi connectivity index (χ1v) is 8.61. The Kier molecular flexibility index (Phi) is 5.37. The Morgan fingerprint density at radius 2 is 1.85 bits per heavy atom. The molecule has 26 heavy (non-hydrogen) atoms. The smallest absolute Gasteiger partial charge is 0.320 e. The summed E-state index contributed by atoms with van der Waals surface area (Å²) in [6.07, 6.45) is -2.82. The van der Waals surface area contributed by atoms with Gasteiger partial charge in [0.2, 0.25) is 0 Å². The molecule has 136 valence electrons. The van der Waals surface area contributed by atoms with Gasteiger partial charge in [-0.2, -0.15) is 4.98 Å². The minimum absolute atomic E-state index is 0.0227. The van der Waals surface area contributed by atoms with Crippen molar-refractivity contribution in [1.29, 1.82) is 0 Å². The molecule has 0 spiro atoms. The van der Waals surface area contributed by atoms with E-state index in [4.69, 9.17) is 11.6 Å². The van der Waals surface area contributed by atoms with Crippen molar-refractivity contribution in [2.24, 2.45) is 0 Å². The summed E-state index contributed by atoms with van der Waals surface area (Å²) in [5, 5.41) is -0.0823. The van der Waals surface area contributed by atoms with E-state index >= 15 is 0 Å². The molecule has 0 aliphatic rings. The highest BCUT2D eigenvalue weighted by Crippen LogP contribution is 2.33. The molecule has 10 heteroatoms. The first kappa shape index (κ1) is 18.9. The predicted octanol–water partition coefficient (Wildman–Crippen LogP) is 4.86. The largest absolute Gasteiger partial charge is 0.347 e. The molecular formula is C16H9ClF4IN3O. The van der Waals surface area contributed by atoms with Crippen LogP contribution in [0.2, 0.25) is 5.02 Å². The number of aromatic nitrogens is 2. The number of nitrogens with zero attached hydrogens (tertiary/aromatic N) is 2. The van der Waals surface area contributed by atoms with Crippen LogP contribution in [0.15, 0.2) is 35.1 Å². The van der Waals surface area contributed by atoms with E-state index in [2.05, 4.69) is 9.97 Å². The van der Waals surface area contributed by atoms with Gasteiger partial charge in [0.05, 0.1) is 17.1 Å². The van der Waals surface area contributed by atoms with Crippen molar-refractivity contribution in [3.8, 4) is 0 Å². The number of fused-ring (bicyclic) bond motifs is 1. The molecule has 1 aromatic heterocycles. The van der Waals surface area contributed by atoms with E-state index in [9.17, 15) is 22.4 Å². The third-order valence-corrected chi connectivity index (χ3v) is 4.39. The van der Waals surface area contributed by atoms with Crippen LogP contribution >= 0.6 is 34.2 Å². The lowest BCUT2D eigenvalue weighted by Gasteiger charge is -2.25. The Morgan fingerprint density at radius 3 is 2.50 bits per heavy atom. The molecule has 0 aliphatic heterocycles. The van der Waals surface area contributed by atoms with Gasteiger partial charge in [-0.3, -0.25) is 0 Å². The van der Waals surface area contributed by atoms with E-state index < -0.39 is 30.3 Å². The number of benzene rings is 2. The quantitative estimate of drug-likeness (QED) is 0.414. The highest BCUT2D eigenvalue weighted by molar-refractivity contribution is 14.1. The van der Waals surface area contributed by atoms with Crippen LogP contribution in [0.3, 0.4) is 0 Å². The van der Waals surface area contributed by atoms with Gasteiger partial charge in [0.15, 0.2) is 0 Å². The SMILES string of the molecule is O=c1nc(N(CC(F)F)c2cc(F)cc(I)c2)c2cc(F)cc(Cl)c2[nH]1. The second kappa shape index (κ2) is 7.39. The first-order valence-electron chi connectivity index (χ1n) is 7.15. The Hall–Kier alpha value is -1.88. The summed E-state index contributed by atoms with van der Waals surface area (Å²) in [6, 6.07) is 5.68. The van der Waals surface area contributed by atoms with E-state index in [0.717, 1.165) is 23.1 Å². The highest BCUT2D eigenvalue weighted by atomic mass is 127. The summed E-state index contributed by atoms with van der Waals surface area (Å²) in [5.74, 6) is -1.63. The van der Waals surface area contributed by atoms with Crippen LogP contribution in [0.25, 0.3) is 10.9 Å². The van der Waals surface area contributed by atoms with Crippen LogP contribution in [-0.4, -0.2) is 22.9 Å². The maximum absolute atomic E-state index is 13.8. The van der Waals surface area contributed by atoms with Gasteiger partial charge in [-0.1, -0.05) is 11.6 Å². The molecule has 0 bridgehead atoms. The number of H-pyrrole nitrogens is 1. The highest BCUT2D eigenvalue weighted by Gasteiger charge is 2.22. The van der Waals surface area contributed by atoms with Crippen molar-refractivity contribution in [2.75, 3.05) is 11.4 Å². The van der Waals surface area contributed by atoms with Crippen molar-refractivity contribution >= 4 is 56.6 Å². The predicted molar refractivity (Wildman–Crippen MR) is 99.5 cm³/mol. The van der Waals surface area contributed by atoms with Crippen molar-refractivity contribution in [3.05, 3.63) is 61.0 Å². The van der Waals surface area contributed by atoms with Crippen molar-refractivity contribution < 1.29 is 17.6 Å². The zero-order valence-corrected chi connectivity index (χ0v) is 15.7. The number of anilines is 2. The lowest BCUT2D eigenvalue weighted by Crippen LogP contribution is -2.28. The van der Waals surface area contributed by atoms with Crippen LogP contribution in [-0.2, 0) is 0 Å². The molecule has 0 fully saturated rings. The fourth-order valence-corrected chi connectivity index (χ4v) is 3.39. The Balaban J connectivity index is 2.32. The zero-order chi connectivity index (χ0) is 19.0. The van der Waals surface area contributed by atoms with Crippen molar-refractivity contribution in [2.45, 2.75) is 6.43 Å². The molecule has 0 unspecified atom stereocenters. The molecule has 3 rings (SSSR count). The molecule has 1 heterocycles. The zero-order valence-electron chi connectivity index (χ0n) is 12.7.